The Morgan fingerprint density at radius 2 is 2.23 bits per heavy atom. The lowest BCUT2D eigenvalue weighted by molar-refractivity contribution is -0.120. The number of para-hydroxylation sites is 1. The third-order valence-corrected chi connectivity index (χ3v) is 3.20. The molecule has 1 aromatic carbocycles. The maximum Gasteiger partial charge on any atom is 0.234 e. The zero-order valence-corrected chi connectivity index (χ0v) is 13.2. The summed E-state index contributed by atoms with van der Waals surface area (Å²) in [5, 5.41) is 5.77. The minimum atomic E-state index is -0.401. The van der Waals surface area contributed by atoms with Gasteiger partial charge >= 0.3 is 0 Å². The van der Waals surface area contributed by atoms with E-state index >= 15 is 0 Å². The van der Waals surface area contributed by atoms with E-state index in [9.17, 15) is 9.18 Å². The maximum absolute atomic E-state index is 13.3. The molecule has 0 aliphatic carbocycles. The molecule has 2 rings (SSSR count). The topological polar surface area (TPSA) is 59.6 Å². The predicted octanol–water partition coefficient (Wildman–Crippen LogP) is 1.51. The first-order valence-electron chi connectivity index (χ1n) is 7.22. The molecule has 0 spiro atoms. The monoisotopic (exact) mass is 332 g/mol. The number of ether oxygens (including phenoxy) is 2. The van der Waals surface area contributed by atoms with Crippen LogP contribution in [0.5, 0.6) is 5.75 Å². The lowest BCUT2D eigenvalue weighted by atomic mass is 10.2. The Balaban J connectivity index is 0.00000242. The van der Waals surface area contributed by atoms with Gasteiger partial charge in [0.2, 0.25) is 5.91 Å². The van der Waals surface area contributed by atoms with Crippen molar-refractivity contribution in [3.8, 4) is 5.75 Å². The molecule has 1 heterocycles. The summed E-state index contributed by atoms with van der Waals surface area (Å²) in [5.41, 5.74) is 0. The minimum absolute atomic E-state index is 0. The van der Waals surface area contributed by atoms with Crippen LogP contribution in [0.25, 0.3) is 0 Å². The zero-order chi connectivity index (χ0) is 14.9. The van der Waals surface area contributed by atoms with E-state index in [-0.39, 0.29) is 43.3 Å². The summed E-state index contributed by atoms with van der Waals surface area (Å²) in [5.74, 6) is -0.310. The summed E-state index contributed by atoms with van der Waals surface area (Å²) < 4.78 is 23.9. The quantitative estimate of drug-likeness (QED) is 0.709. The molecule has 1 aliphatic rings. The van der Waals surface area contributed by atoms with Crippen LogP contribution in [-0.4, -0.2) is 44.9 Å². The molecule has 124 valence electrons. The van der Waals surface area contributed by atoms with Crippen molar-refractivity contribution >= 4 is 18.3 Å². The van der Waals surface area contributed by atoms with Gasteiger partial charge in [-0.25, -0.2) is 4.39 Å². The molecule has 0 bridgehead atoms. The molecule has 7 heteroatoms. The van der Waals surface area contributed by atoms with E-state index in [1.54, 1.807) is 18.2 Å². The predicted molar refractivity (Wildman–Crippen MR) is 84.0 cm³/mol. The van der Waals surface area contributed by atoms with Gasteiger partial charge in [0.05, 0.1) is 19.2 Å². The van der Waals surface area contributed by atoms with E-state index in [2.05, 4.69) is 10.6 Å². The van der Waals surface area contributed by atoms with Crippen molar-refractivity contribution in [1.82, 2.24) is 10.6 Å². The summed E-state index contributed by atoms with van der Waals surface area (Å²) in [7, 11) is 0. The average molecular weight is 333 g/mol. The molecule has 1 aliphatic heterocycles. The largest absolute Gasteiger partial charge is 0.489 e. The number of nitrogens with one attached hydrogen (secondary N) is 2. The Kier molecular flexibility index (Phi) is 8.81. The minimum Gasteiger partial charge on any atom is -0.489 e. The number of carbonyl (C=O) groups is 1. The van der Waals surface area contributed by atoms with Crippen molar-refractivity contribution in [1.29, 1.82) is 0 Å². The van der Waals surface area contributed by atoms with Crippen molar-refractivity contribution in [3.63, 3.8) is 0 Å². The van der Waals surface area contributed by atoms with Crippen molar-refractivity contribution in [2.75, 3.05) is 32.8 Å². The van der Waals surface area contributed by atoms with Crippen LogP contribution < -0.4 is 15.4 Å². The fourth-order valence-corrected chi connectivity index (χ4v) is 2.13. The van der Waals surface area contributed by atoms with Gasteiger partial charge < -0.3 is 20.1 Å². The zero-order valence-electron chi connectivity index (χ0n) is 12.3. The van der Waals surface area contributed by atoms with Gasteiger partial charge in [0.1, 0.15) is 6.61 Å². The van der Waals surface area contributed by atoms with Gasteiger partial charge in [0, 0.05) is 13.2 Å². The van der Waals surface area contributed by atoms with Crippen LogP contribution in [0.2, 0.25) is 0 Å². The Labute approximate surface area is 136 Å². The van der Waals surface area contributed by atoms with Crippen molar-refractivity contribution in [3.05, 3.63) is 30.1 Å². The lowest BCUT2D eigenvalue weighted by Crippen LogP contribution is -2.38. The standard InChI is InChI=1S/C15H21FN2O3.ClH/c16-13-5-1-2-6-14(13)21-9-7-18-15(19)11-17-10-12-4-3-8-20-12;/h1-2,5-6,12,17H,3-4,7-11H2,(H,18,19);1H. The van der Waals surface area contributed by atoms with Crippen LogP contribution in [0.15, 0.2) is 24.3 Å². The van der Waals surface area contributed by atoms with E-state index < -0.39 is 5.82 Å². The van der Waals surface area contributed by atoms with Gasteiger partial charge in [-0.15, -0.1) is 12.4 Å². The Hall–Kier alpha value is -1.37. The average Bonchev–Trinajstić information content (AvgIpc) is 2.98. The van der Waals surface area contributed by atoms with Gasteiger partial charge in [0.25, 0.3) is 0 Å². The molecule has 1 atom stereocenters. The number of benzene rings is 1. The van der Waals surface area contributed by atoms with E-state index in [1.165, 1.54) is 6.07 Å². The van der Waals surface area contributed by atoms with Crippen molar-refractivity contribution in [2.45, 2.75) is 18.9 Å². The molecule has 1 amide bonds. The van der Waals surface area contributed by atoms with Crippen LogP contribution in [0, 0.1) is 5.82 Å². The molecule has 1 saturated heterocycles. The van der Waals surface area contributed by atoms with Crippen molar-refractivity contribution in [2.24, 2.45) is 0 Å². The Morgan fingerprint density at radius 1 is 1.41 bits per heavy atom. The molecular formula is C15H22ClFN2O3. The van der Waals surface area contributed by atoms with Gasteiger partial charge in [-0.05, 0) is 25.0 Å². The Bertz CT molecular complexity index is 456. The molecule has 5 nitrogen and oxygen atoms in total. The Morgan fingerprint density at radius 3 is 2.95 bits per heavy atom. The molecule has 0 saturated carbocycles. The summed E-state index contributed by atoms with van der Waals surface area (Å²) in [6, 6.07) is 6.19. The highest BCUT2D eigenvalue weighted by atomic mass is 35.5. The van der Waals surface area contributed by atoms with Gasteiger partial charge in [-0.1, -0.05) is 12.1 Å². The summed E-state index contributed by atoms with van der Waals surface area (Å²) in [6.45, 7) is 2.33. The number of carbonyl (C=O) groups excluding carboxylic acids is 1. The molecule has 0 aromatic heterocycles. The van der Waals surface area contributed by atoms with Crippen LogP contribution in [-0.2, 0) is 9.53 Å². The normalized spacial score (nSPS) is 16.9. The molecule has 1 unspecified atom stereocenters. The molecule has 22 heavy (non-hydrogen) atoms. The van der Waals surface area contributed by atoms with Gasteiger partial charge in [0.15, 0.2) is 11.6 Å². The first kappa shape index (κ1) is 18.7. The third-order valence-electron chi connectivity index (χ3n) is 3.20. The second-order valence-electron chi connectivity index (χ2n) is 4.89. The highest BCUT2D eigenvalue weighted by Gasteiger charge is 2.14. The molecule has 1 fully saturated rings. The van der Waals surface area contributed by atoms with Crippen molar-refractivity contribution < 1.29 is 18.7 Å². The van der Waals surface area contributed by atoms with E-state index in [4.69, 9.17) is 9.47 Å². The number of hydrogen-bond acceptors (Lipinski definition) is 4. The van der Waals surface area contributed by atoms with E-state index in [0.717, 1.165) is 19.4 Å². The number of amides is 1. The van der Waals surface area contributed by atoms with Crippen LogP contribution in [0.3, 0.4) is 0 Å². The summed E-state index contributed by atoms with van der Waals surface area (Å²) in [6.07, 6.45) is 2.36. The maximum atomic E-state index is 13.3. The smallest absolute Gasteiger partial charge is 0.234 e. The van der Waals surface area contributed by atoms with Gasteiger partial charge in [-0.2, -0.15) is 0 Å². The second-order valence-corrected chi connectivity index (χ2v) is 4.89. The summed E-state index contributed by atoms with van der Waals surface area (Å²) in [4.78, 5) is 11.6. The highest BCUT2D eigenvalue weighted by Crippen LogP contribution is 2.14. The fourth-order valence-electron chi connectivity index (χ4n) is 2.13. The molecule has 2 N–H and O–H groups in total. The van der Waals surface area contributed by atoms with Crippen LogP contribution >= 0.6 is 12.4 Å². The molecule has 1 aromatic rings. The first-order chi connectivity index (χ1) is 10.3. The molecule has 0 radical (unpaired) electrons. The van der Waals surface area contributed by atoms with E-state index in [1.807, 2.05) is 0 Å². The van der Waals surface area contributed by atoms with Crippen LogP contribution in [0.4, 0.5) is 4.39 Å². The third kappa shape index (κ3) is 6.60. The first-order valence-corrected chi connectivity index (χ1v) is 7.22. The number of hydrogen-bond donors (Lipinski definition) is 2. The molecular weight excluding hydrogens is 311 g/mol. The van der Waals surface area contributed by atoms with Gasteiger partial charge in [-0.3, -0.25) is 4.79 Å². The second kappa shape index (κ2) is 10.4. The lowest BCUT2D eigenvalue weighted by Gasteiger charge is -2.11. The fraction of sp³-hybridized carbons (Fsp3) is 0.533. The summed E-state index contributed by atoms with van der Waals surface area (Å²) >= 11 is 0. The van der Waals surface area contributed by atoms with E-state index in [0.29, 0.717) is 13.1 Å². The van der Waals surface area contributed by atoms with Crippen LogP contribution in [0.1, 0.15) is 12.8 Å². The number of rotatable bonds is 8. The highest BCUT2D eigenvalue weighted by molar-refractivity contribution is 5.85. The SMILES string of the molecule is Cl.O=C(CNCC1CCCO1)NCCOc1ccccc1F. The number of halogens is 2.